The summed E-state index contributed by atoms with van der Waals surface area (Å²) in [6.45, 7) is 12.7. The van der Waals surface area contributed by atoms with Gasteiger partial charge < -0.3 is 10.2 Å². The lowest BCUT2D eigenvalue weighted by Crippen LogP contribution is -2.54. The molecule has 0 aliphatic carbocycles. The molecule has 0 aliphatic rings. The zero-order valence-corrected chi connectivity index (χ0v) is 25.7. The molecule has 0 spiro atoms. The van der Waals surface area contributed by atoms with Crippen molar-refractivity contribution >= 4 is 39.1 Å². The molecule has 0 bridgehead atoms. The third kappa shape index (κ3) is 7.86. The van der Waals surface area contributed by atoms with Gasteiger partial charge in [0.1, 0.15) is 12.6 Å². The van der Waals surface area contributed by atoms with E-state index in [1.54, 1.807) is 19.1 Å². The zero-order valence-electron chi connectivity index (χ0n) is 24.2. The van der Waals surface area contributed by atoms with Crippen LogP contribution >= 0.6 is 11.6 Å². The van der Waals surface area contributed by atoms with Crippen molar-refractivity contribution in [3.05, 3.63) is 94.0 Å². The van der Waals surface area contributed by atoms with Gasteiger partial charge in [0.25, 0.3) is 10.0 Å². The van der Waals surface area contributed by atoms with Crippen LogP contribution < -0.4 is 9.62 Å². The predicted molar refractivity (Wildman–Crippen MR) is 161 cm³/mol. The van der Waals surface area contributed by atoms with Crippen molar-refractivity contribution in [3.8, 4) is 0 Å². The number of hydrogen-bond donors (Lipinski definition) is 1. The summed E-state index contributed by atoms with van der Waals surface area (Å²) in [7, 11) is -4.16. The van der Waals surface area contributed by atoms with Crippen molar-refractivity contribution in [1.82, 2.24) is 10.2 Å². The first-order valence-electron chi connectivity index (χ1n) is 13.1. The highest BCUT2D eigenvalue weighted by molar-refractivity contribution is 7.92. The Hall–Kier alpha value is -3.36. The maximum Gasteiger partial charge on any atom is 0.264 e. The average Bonchev–Trinajstić information content (AvgIpc) is 2.86. The fraction of sp³-hybridized carbons (Fsp3) is 0.355. The largest absolute Gasteiger partial charge is 0.350 e. The van der Waals surface area contributed by atoms with Crippen LogP contribution in [0.2, 0.25) is 5.02 Å². The van der Waals surface area contributed by atoms with E-state index in [2.05, 4.69) is 5.32 Å². The van der Waals surface area contributed by atoms with Crippen molar-refractivity contribution in [2.75, 3.05) is 10.8 Å². The van der Waals surface area contributed by atoms with Gasteiger partial charge in [-0.3, -0.25) is 13.9 Å². The molecule has 1 atom stereocenters. The Kier molecular flexibility index (Phi) is 9.69. The lowest BCUT2D eigenvalue weighted by molar-refractivity contribution is -0.140. The molecule has 3 aromatic rings. The molecule has 0 unspecified atom stereocenters. The van der Waals surface area contributed by atoms with Crippen LogP contribution in [0, 0.1) is 20.8 Å². The van der Waals surface area contributed by atoms with Crippen molar-refractivity contribution in [2.24, 2.45) is 0 Å². The van der Waals surface area contributed by atoms with Crippen LogP contribution in [-0.2, 0) is 26.2 Å². The predicted octanol–water partition coefficient (Wildman–Crippen LogP) is 5.79. The van der Waals surface area contributed by atoms with Crippen LogP contribution in [0.4, 0.5) is 5.69 Å². The summed E-state index contributed by atoms with van der Waals surface area (Å²) < 4.78 is 29.0. The summed E-state index contributed by atoms with van der Waals surface area (Å²) in [5, 5.41) is 3.33. The van der Waals surface area contributed by atoms with E-state index >= 15 is 0 Å². The maximum absolute atomic E-state index is 14.0. The fourth-order valence-electron chi connectivity index (χ4n) is 4.21. The molecule has 0 heterocycles. The van der Waals surface area contributed by atoms with Gasteiger partial charge >= 0.3 is 0 Å². The molecule has 3 aromatic carbocycles. The topological polar surface area (TPSA) is 86.8 Å². The second-order valence-corrected chi connectivity index (χ2v) is 13.5. The molecule has 7 nitrogen and oxygen atoms in total. The Balaban J connectivity index is 2.07. The Bertz CT molecular complexity index is 1480. The summed E-state index contributed by atoms with van der Waals surface area (Å²) in [6.07, 6.45) is 0. The number of nitrogens with zero attached hydrogens (tertiary/aromatic N) is 2. The minimum atomic E-state index is -4.16. The minimum Gasteiger partial charge on any atom is -0.350 e. The first kappa shape index (κ1) is 31.2. The lowest BCUT2D eigenvalue weighted by Gasteiger charge is -2.33. The average molecular weight is 584 g/mol. The Labute approximate surface area is 243 Å². The van der Waals surface area contributed by atoms with Crippen molar-refractivity contribution in [3.63, 3.8) is 0 Å². The van der Waals surface area contributed by atoms with Crippen molar-refractivity contribution < 1.29 is 18.0 Å². The van der Waals surface area contributed by atoms with Crippen LogP contribution in [0.1, 0.15) is 49.9 Å². The van der Waals surface area contributed by atoms with Crippen molar-refractivity contribution in [1.29, 1.82) is 0 Å². The standard InChI is InChI=1S/C31H38ClN3O4S/c1-21-9-8-10-25(17-21)19-34(24(4)30(37)33-31(5,6)7)29(36)20-35(27-14-11-22(2)23(3)18-27)40(38,39)28-15-12-26(32)13-16-28/h8-18,24H,19-20H2,1-7H3,(H,33,37)/t24-/m1/s1. The number of benzene rings is 3. The van der Waals surface area contributed by atoms with E-state index in [4.69, 9.17) is 11.6 Å². The van der Waals surface area contributed by atoms with Gasteiger partial charge in [0.2, 0.25) is 11.8 Å². The Morgan fingerprint density at radius 3 is 2.15 bits per heavy atom. The number of carbonyl (C=O) groups is 2. The number of amides is 2. The highest BCUT2D eigenvalue weighted by Gasteiger charge is 2.33. The second kappa shape index (κ2) is 12.4. The molecule has 0 saturated heterocycles. The first-order chi connectivity index (χ1) is 18.6. The second-order valence-electron chi connectivity index (χ2n) is 11.2. The van der Waals surface area contributed by atoms with Gasteiger partial charge in [-0.2, -0.15) is 0 Å². The van der Waals surface area contributed by atoms with Gasteiger partial charge in [-0.15, -0.1) is 0 Å². The number of halogens is 1. The fourth-order valence-corrected chi connectivity index (χ4v) is 5.74. The van der Waals surface area contributed by atoms with Gasteiger partial charge in [0.05, 0.1) is 10.6 Å². The van der Waals surface area contributed by atoms with E-state index in [9.17, 15) is 18.0 Å². The van der Waals surface area contributed by atoms with E-state index in [1.165, 1.54) is 29.2 Å². The molecule has 214 valence electrons. The van der Waals surface area contributed by atoms with Gasteiger partial charge in [0.15, 0.2) is 0 Å². The molecule has 40 heavy (non-hydrogen) atoms. The number of hydrogen-bond acceptors (Lipinski definition) is 4. The lowest BCUT2D eigenvalue weighted by atomic mass is 10.1. The van der Waals surface area contributed by atoms with Crippen LogP contribution in [0.3, 0.4) is 0 Å². The number of nitrogens with one attached hydrogen (secondary N) is 1. The van der Waals surface area contributed by atoms with Crippen LogP contribution in [0.5, 0.6) is 0 Å². The molecule has 0 radical (unpaired) electrons. The van der Waals surface area contributed by atoms with Gasteiger partial charge in [-0.1, -0.05) is 47.5 Å². The van der Waals surface area contributed by atoms with Crippen LogP contribution in [0.25, 0.3) is 0 Å². The summed E-state index contributed by atoms with van der Waals surface area (Å²) in [6, 6.07) is 17.9. The van der Waals surface area contributed by atoms with Crippen LogP contribution in [-0.4, -0.2) is 43.3 Å². The van der Waals surface area contributed by atoms with E-state index in [1.807, 2.05) is 71.9 Å². The molecule has 0 aliphatic heterocycles. The molecular formula is C31H38ClN3O4S. The molecular weight excluding hydrogens is 546 g/mol. The van der Waals surface area contributed by atoms with Crippen LogP contribution in [0.15, 0.2) is 71.6 Å². The third-order valence-corrected chi connectivity index (χ3v) is 8.60. The number of sulfonamides is 1. The van der Waals surface area contributed by atoms with E-state index in [0.717, 1.165) is 26.6 Å². The Morgan fingerprint density at radius 1 is 0.925 bits per heavy atom. The maximum atomic E-state index is 14.0. The molecule has 1 N–H and O–H groups in total. The van der Waals surface area contributed by atoms with E-state index < -0.39 is 34.1 Å². The molecule has 9 heteroatoms. The number of aryl methyl sites for hydroxylation is 3. The SMILES string of the molecule is Cc1cccc(CN(C(=O)CN(c2ccc(C)c(C)c2)S(=O)(=O)c2ccc(Cl)cc2)[C@H](C)C(=O)NC(C)(C)C)c1. The number of carbonyl (C=O) groups excluding carboxylic acids is 2. The summed E-state index contributed by atoms with van der Waals surface area (Å²) in [5.41, 5.74) is 3.57. The highest BCUT2D eigenvalue weighted by Crippen LogP contribution is 2.27. The first-order valence-corrected chi connectivity index (χ1v) is 14.9. The van der Waals surface area contributed by atoms with E-state index in [0.29, 0.717) is 10.7 Å². The summed E-state index contributed by atoms with van der Waals surface area (Å²) >= 11 is 6.01. The van der Waals surface area contributed by atoms with Gasteiger partial charge in [-0.05, 0) is 102 Å². The normalized spacial score (nSPS) is 12.5. The number of rotatable bonds is 9. The third-order valence-electron chi connectivity index (χ3n) is 6.56. The molecule has 0 aromatic heterocycles. The quantitative estimate of drug-likeness (QED) is 0.345. The number of anilines is 1. The Morgan fingerprint density at radius 2 is 1.57 bits per heavy atom. The molecule has 0 saturated carbocycles. The van der Waals surface area contributed by atoms with E-state index in [-0.39, 0.29) is 17.3 Å². The van der Waals surface area contributed by atoms with Gasteiger partial charge in [-0.25, -0.2) is 8.42 Å². The molecule has 2 amide bonds. The monoisotopic (exact) mass is 583 g/mol. The zero-order chi connectivity index (χ0) is 29.8. The smallest absolute Gasteiger partial charge is 0.264 e. The summed E-state index contributed by atoms with van der Waals surface area (Å²) in [5.74, 6) is -0.833. The van der Waals surface area contributed by atoms with Crippen molar-refractivity contribution in [2.45, 2.75) is 71.5 Å². The highest BCUT2D eigenvalue weighted by atomic mass is 35.5. The van der Waals surface area contributed by atoms with Gasteiger partial charge in [0, 0.05) is 17.1 Å². The summed E-state index contributed by atoms with van der Waals surface area (Å²) in [4.78, 5) is 28.7. The molecule has 0 fully saturated rings. The minimum absolute atomic E-state index is 0.00619. The molecule has 3 rings (SSSR count).